The maximum atomic E-state index is 12.7. The van der Waals surface area contributed by atoms with E-state index in [1.807, 2.05) is 23.2 Å². The summed E-state index contributed by atoms with van der Waals surface area (Å²) in [5.41, 5.74) is 3.04. The van der Waals surface area contributed by atoms with E-state index in [0.717, 1.165) is 37.5 Å². The van der Waals surface area contributed by atoms with Crippen LogP contribution in [0, 0.1) is 5.92 Å². The normalized spacial score (nSPS) is 17.4. The monoisotopic (exact) mass is 418 g/mol. The molecule has 7 heteroatoms. The van der Waals surface area contributed by atoms with Gasteiger partial charge in [-0.05, 0) is 55.4 Å². The van der Waals surface area contributed by atoms with E-state index in [2.05, 4.69) is 15.2 Å². The Bertz CT molecular complexity index is 856. The van der Waals surface area contributed by atoms with E-state index in [9.17, 15) is 4.79 Å². The number of urea groups is 1. The van der Waals surface area contributed by atoms with Crippen LogP contribution in [0.5, 0.6) is 0 Å². The number of benzene rings is 1. The first-order valence-corrected chi connectivity index (χ1v) is 10.5. The van der Waals surface area contributed by atoms with Crippen LogP contribution in [-0.2, 0) is 6.42 Å². The molecule has 0 spiro atoms. The molecule has 4 rings (SSSR count). The Labute approximate surface area is 175 Å². The molecule has 5 nitrogen and oxygen atoms in total. The highest BCUT2D eigenvalue weighted by molar-refractivity contribution is 6.33. The lowest BCUT2D eigenvalue weighted by Gasteiger charge is -2.27. The zero-order chi connectivity index (χ0) is 19.5. The van der Waals surface area contributed by atoms with Crippen LogP contribution in [0.25, 0.3) is 0 Å². The second kappa shape index (κ2) is 8.58. The van der Waals surface area contributed by atoms with Crippen molar-refractivity contribution in [3.8, 4) is 0 Å². The standard InChI is InChI=1S/C21H24Cl2N4O/c22-17-3-1-4-18(12-17)25-21(28)27-8-2-7-26(9-10-27)20-16(11-15-5-6-15)13-24-14-19(20)23/h1,3-4,12-15H,2,5-11H2,(H,25,28). The van der Waals surface area contributed by atoms with Gasteiger partial charge in [-0.1, -0.05) is 29.3 Å². The van der Waals surface area contributed by atoms with E-state index in [1.165, 1.54) is 18.4 Å². The van der Waals surface area contributed by atoms with Gasteiger partial charge < -0.3 is 15.1 Å². The van der Waals surface area contributed by atoms with E-state index in [-0.39, 0.29) is 6.03 Å². The number of nitrogens with zero attached hydrogens (tertiary/aromatic N) is 3. The zero-order valence-corrected chi connectivity index (χ0v) is 17.2. The van der Waals surface area contributed by atoms with Crippen molar-refractivity contribution in [2.45, 2.75) is 25.7 Å². The van der Waals surface area contributed by atoms with Crippen LogP contribution in [0.2, 0.25) is 10.0 Å². The fraction of sp³-hybridized carbons (Fsp3) is 0.429. The molecule has 0 atom stereocenters. The number of nitrogens with one attached hydrogen (secondary N) is 1. The number of anilines is 2. The molecule has 148 valence electrons. The molecule has 2 fully saturated rings. The lowest BCUT2D eigenvalue weighted by atomic mass is 10.1. The Morgan fingerprint density at radius 1 is 1.14 bits per heavy atom. The molecule has 0 bridgehead atoms. The van der Waals surface area contributed by atoms with Gasteiger partial charge in [-0.2, -0.15) is 0 Å². The number of hydrogen-bond donors (Lipinski definition) is 1. The van der Waals surface area contributed by atoms with E-state index >= 15 is 0 Å². The maximum Gasteiger partial charge on any atom is 0.321 e. The highest BCUT2D eigenvalue weighted by Gasteiger charge is 2.27. The van der Waals surface area contributed by atoms with Gasteiger partial charge in [0.2, 0.25) is 0 Å². The summed E-state index contributed by atoms with van der Waals surface area (Å²) in [4.78, 5) is 21.1. The van der Waals surface area contributed by atoms with Crippen molar-refractivity contribution in [2.24, 2.45) is 5.92 Å². The maximum absolute atomic E-state index is 12.7. The number of rotatable bonds is 4. The summed E-state index contributed by atoms with van der Waals surface area (Å²) >= 11 is 12.5. The molecule has 2 amide bonds. The number of hydrogen-bond acceptors (Lipinski definition) is 3. The average Bonchev–Trinajstić information content (AvgIpc) is 3.49. The number of carbonyl (C=O) groups excluding carboxylic acids is 1. The predicted octanol–water partition coefficient (Wildman–Crippen LogP) is 5.09. The fourth-order valence-corrected chi connectivity index (χ4v) is 4.21. The Morgan fingerprint density at radius 3 is 2.79 bits per heavy atom. The molecule has 1 aromatic heterocycles. The Kier molecular flexibility index (Phi) is 5.93. The summed E-state index contributed by atoms with van der Waals surface area (Å²) in [6.45, 7) is 2.99. The third-order valence-corrected chi connectivity index (χ3v) is 5.84. The predicted molar refractivity (Wildman–Crippen MR) is 115 cm³/mol. The molecule has 1 aliphatic carbocycles. The van der Waals surface area contributed by atoms with Crippen molar-refractivity contribution < 1.29 is 4.79 Å². The van der Waals surface area contributed by atoms with Gasteiger partial charge in [-0.15, -0.1) is 0 Å². The third-order valence-electron chi connectivity index (χ3n) is 5.33. The van der Waals surface area contributed by atoms with Gasteiger partial charge in [0.1, 0.15) is 0 Å². The second-order valence-corrected chi connectivity index (χ2v) is 8.39. The zero-order valence-electron chi connectivity index (χ0n) is 15.7. The molecule has 1 aromatic carbocycles. The van der Waals surface area contributed by atoms with Crippen molar-refractivity contribution in [3.63, 3.8) is 0 Å². The first kappa shape index (κ1) is 19.3. The minimum Gasteiger partial charge on any atom is -0.368 e. The third kappa shape index (κ3) is 4.70. The van der Waals surface area contributed by atoms with Gasteiger partial charge in [0.25, 0.3) is 0 Å². The molecule has 2 heterocycles. The Morgan fingerprint density at radius 2 is 2.00 bits per heavy atom. The number of carbonyl (C=O) groups is 1. The van der Waals surface area contributed by atoms with Crippen LogP contribution in [0.4, 0.5) is 16.2 Å². The minimum atomic E-state index is -0.0943. The topological polar surface area (TPSA) is 48.5 Å². The van der Waals surface area contributed by atoms with Crippen LogP contribution >= 0.6 is 23.2 Å². The van der Waals surface area contributed by atoms with Gasteiger partial charge >= 0.3 is 6.03 Å². The SMILES string of the molecule is O=C(Nc1cccc(Cl)c1)N1CCCN(c2c(Cl)cncc2CC2CC2)CC1. The molecule has 0 unspecified atom stereocenters. The Hall–Kier alpha value is -1.98. The summed E-state index contributed by atoms with van der Waals surface area (Å²) in [6.07, 6.45) is 8.20. The number of pyridine rings is 1. The van der Waals surface area contributed by atoms with E-state index < -0.39 is 0 Å². The van der Waals surface area contributed by atoms with Gasteiger partial charge in [0.15, 0.2) is 0 Å². The van der Waals surface area contributed by atoms with Gasteiger partial charge in [0.05, 0.1) is 10.7 Å². The number of amides is 2. The summed E-state index contributed by atoms with van der Waals surface area (Å²) in [5.74, 6) is 0.769. The van der Waals surface area contributed by atoms with Crippen molar-refractivity contribution in [1.82, 2.24) is 9.88 Å². The molecule has 0 radical (unpaired) electrons. The van der Waals surface area contributed by atoms with Crippen LogP contribution < -0.4 is 10.2 Å². The van der Waals surface area contributed by atoms with Crippen LogP contribution in [0.1, 0.15) is 24.8 Å². The second-order valence-electron chi connectivity index (χ2n) is 7.54. The summed E-state index contributed by atoms with van der Waals surface area (Å²) < 4.78 is 0. The fourth-order valence-electron chi connectivity index (χ4n) is 3.72. The van der Waals surface area contributed by atoms with Gasteiger partial charge in [0, 0.05) is 49.3 Å². The molecule has 1 saturated heterocycles. The molecule has 1 aliphatic heterocycles. The van der Waals surface area contributed by atoms with Crippen molar-refractivity contribution in [1.29, 1.82) is 0 Å². The minimum absolute atomic E-state index is 0.0943. The molecular weight excluding hydrogens is 395 g/mol. The molecule has 1 saturated carbocycles. The largest absolute Gasteiger partial charge is 0.368 e. The summed E-state index contributed by atoms with van der Waals surface area (Å²) in [7, 11) is 0. The number of aromatic nitrogens is 1. The first-order valence-electron chi connectivity index (χ1n) is 9.79. The summed E-state index contributed by atoms with van der Waals surface area (Å²) in [5, 5.41) is 4.25. The molecule has 1 N–H and O–H groups in total. The first-order chi connectivity index (χ1) is 13.6. The van der Waals surface area contributed by atoms with Crippen LogP contribution in [0.15, 0.2) is 36.7 Å². The van der Waals surface area contributed by atoms with Gasteiger partial charge in [-0.25, -0.2) is 4.79 Å². The number of halogens is 2. The molecule has 2 aliphatic rings. The van der Waals surface area contributed by atoms with E-state index in [1.54, 1.807) is 18.3 Å². The van der Waals surface area contributed by atoms with Gasteiger partial charge in [-0.3, -0.25) is 4.98 Å². The lowest BCUT2D eigenvalue weighted by molar-refractivity contribution is 0.215. The highest BCUT2D eigenvalue weighted by atomic mass is 35.5. The van der Waals surface area contributed by atoms with E-state index in [4.69, 9.17) is 23.2 Å². The van der Waals surface area contributed by atoms with E-state index in [0.29, 0.717) is 28.8 Å². The quantitative estimate of drug-likeness (QED) is 0.752. The van der Waals surface area contributed by atoms with Crippen molar-refractivity contribution >= 4 is 40.6 Å². The van der Waals surface area contributed by atoms with Crippen LogP contribution in [0.3, 0.4) is 0 Å². The average molecular weight is 419 g/mol. The van der Waals surface area contributed by atoms with Crippen molar-refractivity contribution in [3.05, 3.63) is 52.3 Å². The molecular formula is C21H24Cl2N4O. The highest BCUT2D eigenvalue weighted by Crippen LogP contribution is 2.38. The Balaban J connectivity index is 1.43. The lowest BCUT2D eigenvalue weighted by Crippen LogP contribution is -2.38. The molecule has 28 heavy (non-hydrogen) atoms. The van der Waals surface area contributed by atoms with Crippen molar-refractivity contribution in [2.75, 3.05) is 36.4 Å². The summed E-state index contributed by atoms with van der Waals surface area (Å²) in [6, 6.07) is 7.12. The van der Waals surface area contributed by atoms with Crippen LogP contribution in [-0.4, -0.2) is 42.1 Å². The smallest absolute Gasteiger partial charge is 0.321 e. The molecule has 2 aromatic rings.